The number of amides is 1. The van der Waals surface area contributed by atoms with E-state index >= 15 is 0 Å². The fourth-order valence-corrected chi connectivity index (χ4v) is 2.73. The van der Waals surface area contributed by atoms with Crippen molar-refractivity contribution in [3.8, 4) is 0 Å². The summed E-state index contributed by atoms with van der Waals surface area (Å²) in [6.07, 6.45) is 0.0477. The number of nitrogens with zero attached hydrogens (tertiary/aromatic N) is 2. The topological polar surface area (TPSA) is 111 Å². The minimum Gasteiger partial charge on any atom is -0.373 e. The van der Waals surface area contributed by atoms with Crippen LogP contribution in [-0.2, 0) is 16.0 Å². The molecule has 3 N–H and O–H groups in total. The average molecular weight is 292 g/mol. The van der Waals surface area contributed by atoms with Gasteiger partial charge in [-0.25, -0.2) is 0 Å². The van der Waals surface area contributed by atoms with Gasteiger partial charge in [0.15, 0.2) is 0 Å². The zero-order valence-electron chi connectivity index (χ0n) is 11.4. The first kappa shape index (κ1) is 13.8. The van der Waals surface area contributed by atoms with Gasteiger partial charge in [-0.3, -0.25) is 14.9 Å². The molecule has 1 atom stereocenters. The summed E-state index contributed by atoms with van der Waals surface area (Å²) in [7, 11) is 0. The van der Waals surface area contributed by atoms with Gasteiger partial charge in [0, 0.05) is 31.4 Å². The van der Waals surface area contributed by atoms with Crippen LogP contribution in [0.4, 0.5) is 17.1 Å². The highest BCUT2D eigenvalue weighted by Gasteiger charge is 2.29. The van der Waals surface area contributed by atoms with Crippen molar-refractivity contribution >= 4 is 23.0 Å². The Bertz CT molecular complexity index is 604. The molecule has 0 bridgehead atoms. The average Bonchev–Trinajstić information content (AvgIpc) is 2.85. The molecule has 0 aliphatic carbocycles. The summed E-state index contributed by atoms with van der Waals surface area (Å²) in [6, 6.07) is 3.16. The van der Waals surface area contributed by atoms with Crippen LogP contribution in [0, 0.1) is 10.1 Å². The van der Waals surface area contributed by atoms with Crippen molar-refractivity contribution in [3.05, 3.63) is 27.8 Å². The second-order valence-electron chi connectivity index (χ2n) is 5.15. The van der Waals surface area contributed by atoms with Gasteiger partial charge in [0.2, 0.25) is 5.91 Å². The van der Waals surface area contributed by atoms with E-state index in [1.54, 1.807) is 6.07 Å². The number of nitro groups is 1. The lowest BCUT2D eigenvalue weighted by Gasteiger charge is -2.33. The van der Waals surface area contributed by atoms with E-state index in [-0.39, 0.29) is 24.1 Å². The van der Waals surface area contributed by atoms with Gasteiger partial charge in [0.25, 0.3) is 5.69 Å². The third kappa shape index (κ3) is 2.55. The number of ether oxygens (including phenoxy) is 1. The fourth-order valence-electron chi connectivity index (χ4n) is 2.73. The van der Waals surface area contributed by atoms with E-state index in [0.717, 1.165) is 0 Å². The molecule has 21 heavy (non-hydrogen) atoms. The number of carbonyl (C=O) groups is 1. The number of morpholine rings is 1. The molecule has 0 aromatic heterocycles. The predicted octanol–water partition coefficient (Wildman–Crippen LogP) is 0.253. The van der Waals surface area contributed by atoms with Gasteiger partial charge in [-0.05, 0) is 11.6 Å². The van der Waals surface area contributed by atoms with E-state index < -0.39 is 4.92 Å². The van der Waals surface area contributed by atoms with Gasteiger partial charge in [0.1, 0.15) is 5.69 Å². The zero-order chi connectivity index (χ0) is 15.0. The summed E-state index contributed by atoms with van der Waals surface area (Å²) in [6.45, 7) is 1.91. The molecule has 0 saturated carbocycles. The zero-order valence-corrected chi connectivity index (χ0v) is 11.4. The Kier molecular flexibility index (Phi) is 3.48. The van der Waals surface area contributed by atoms with Crippen LogP contribution in [-0.4, -0.2) is 43.2 Å². The Labute approximate surface area is 121 Å². The van der Waals surface area contributed by atoms with Gasteiger partial charge >= 0.3 is 0 Å². The molecule has 1 unspecified atom stereocenters. The van der Waals surface area contributed by atoms with Gasteiger partial charge < -0.3 is 20.7 Å². The van der Waals surface area contributed by atoms with Gasteiger partial charge in [-0.1, -0.05) is 0 Å². The molecule has 1 aromatic carbocycles. The Balaban J connectivity index is 1.99. The molecule has 2 heterocycles. The normalized spacial score (nSPS) is 21.1. The summed E-state index contributed by atoms with van der Waals surface area (Å²) in [5.41, 5.74) is 7.44. The highest BCUT2D eigenvalue weighted by atomic mass is 16.6. The molecule has 2 aliphatic heterocycles. The first-order chi connectivity index (χ1) is 10.1. The Morgan fingerprint density at radius 3 is 3.05 bits per heavy atom. The van der Waals surface area contributed by atoms with Gasteiger partial charge in [-0.2, -0.15) is 0 Å². The van der Waals surface area contributed by atoms with Gasteiger partial charge in [0.05, 0.1) is 24.1 Å². The Hall–Kier alpha value is -2.19. The molecule has 3 rings (SSSR count). The van der Waals surface area contributed by atoms with Crippen LogP contribution in [0.5, 0.6) is 0 Å². The lowest BCUT2D eigenvalue weighted by Crippen LogP contribution is -2.45. The van der Waals surface area contributed by atoms with E-state index in [0.29, 0.717) is 43.2 Å². The van der Waals surface area contributed by atoms with Crippen LogP contribution in [0.25, 0.3) is 0 Å². The number of nitro benzene ring substituents is 1. The third-order valence-corrected chi connectivity index (χ3v) is 3.76. The maximum absolute atomic E-state index is 11.4. The van der Waals surface area contributed by atoms with Crippen molar-refractivity contribution in [1.29, 1.82) is 0 Å². The van der Waals surface area contributed by atoms with Crippen molar-refractivity contribution in [2.75, 3.05) is 36.5 Å². The Morgan fingerprint density at radius 1 is 1.52 bits per heavy atom. The van der Waals surface area contributed by atoms with E-state index in [2.05, 4.69) is 5.32 Å². The third-order valence-electron chi connectivity index (χ3n) is 3.76. The summed E-state index contributed by atoms with van der Waals surface area (Å²) < 4.78 is 5.48. The van der Waals surface area contributed by atoms with Crippen LogP contribution in [0.2, 0.25) is 0 Å². The fraction of sp³-hybridized carbons (Fsp3) is 0.462. The molecule has 1 saturated heterocycles. The molecular formula is C13H16N4O4. The van der Waals surface area contributed by atoms with Crippen LogP contribution in [0.15, 0.2) is 12.1 Å². The first-order valence-electron chi connectivity index (χ1n) is 6.76. The summed E-state index contributed by atoms with van der Waals surface area (Å²) >= 11 is 0. The van der Waals surface area contributed by atoms with Crippen molar-refractivity contribution in [2.24, 2.45) is 5.73 Å². The Morgan fingerprint density at radius 2 is 2.33 bits per heavy atom. The number of rotatable bonds is 3. The smallest absolute Gasteiger partial charge is 0.292 e. The van der Waals surface area contributed by atoms with Crippen LogP contribution < -0.4 is 16.0 Å². The molecule has 8 nitrogen and oxygen atoms in total. The number of carbonyl (C=O) groups excluding carboxylic acids is 1. The van der Waals surface area contributed by atoms with Crippen LogP contribution >= 0.6 is 0 Å². The number of anilines is 2. The number of nitrogens with two attached hydrogens (primary N) is 1. The maximum atomic E-state index is 11.4. The minimum absolute atomic E-state index is 0.0166. The highest BCUT2D eigenvalue weighted by molar-refractivity contribution is 6.00. The van der Waals surface area contributed by atoms with Crippen molar-refractivity contribution in [3.63, 3.8) is 0 Å². The van der Waals surface area contributed by atoms with E-state index in [9.17, 15) is 14.9 Å². The van der Waals surface area contributed by atoms with Crippen LogP contribution in [0.3, 0.4) is 0 Å². The van der Waals surface area contributed by atoms with Crippen LogP contribution in [0.1, 0.15) is 5.56 Å². The minimum atomic E-state index is -0.411. The molecule has 2 aliphatic rings. The summed E-state index contributed by atoms with van der Waals surface area (Å²) in [5, 5.41) is 14.0. The molecule has 1 amide bonds. The van der Waals surface area contributed by atoms with Crippen molar-refractivity contribution < 1.29 is 14.5 Å². The highest BCUT2D eigenvalue weighted by Crippen LogP contribution is 2.37. The second kappa shape index (κ2) is 5.30. The molecule has 1 fully saturated rings. The van der Waals surface area contributed by atoms with E-state index in [1.807, 2.05) is 4.90 Å². The lowest BCUT2D eigenvalue weighted by atomic mass is 10.1. The van der Waals surface area contributed by atoms with E-state index in [4.69, 9.17) is 10.5 Å². The largest absolute Gasteiger partial charge is 0.373 e. The first-order valence-corrected chi connectivity index (χ1v) is 6.76. The number of hydrogen-bond donors (Lipinski definition) is 2. The lowest BCUT2D eigenvalue weighted by molar-refractivity contribution is -0.384. The number of benzene rings is 1. The second-order valence-corrected chi connectivity index (χ2v) is 5.15. The molecule has 8 heteroatoms. The maximum Gasteiger partial charge on any atom is 0.292 e. The SMILES string of the molecule is NCC1CN(c2cc3c(cc2[N+](=O)[O-])CC(=O)N3)CCO1. The predicted molar refractivity (Wildman–Crippen MR) is 76.4 cm³/mol. The van der Waals surface area contributed by atoms with Crippen molar-refractivity contribution in [1.82, 2.24) is 0 Å². The molecule has 0 radical (unpaired) electrons. The quantitative estimate of drug-likeness (QED) is 0.610. The summed E-state index contributed by atoms with van der Waals surface area (Å²) in [4.78, 5) is 24.2. The number of nitrogens with one attached hydrogen (secondary N) is 1. The van der Waals surface area contributed by atoms with Gasteiger partial charge in [-0.15, -0.1) is 0 Å². The molecule has 1 aromatic rings. The number of fused-ring (bicyclic) bond motifs is 1. The van der Waals surface area contributed by atoms with E-state index in [1.165, 1.54) is 6.07 Å². The summed E-state index contributed by atoms with van der Waals surface area (Å²) in [5.74, 6) is -0.140. The van der Waals surface area contributed by atoms with Crippen molar-refractivity contribution in [2.45, 2.75) is 12.5 Å². The number of hydrogen-bond acceptors (Lipinski definition) is 6. The molecule has 0 spiro atoms. The standard InChI is InChI=1S/C13H16N4O4/c14-6-9-7-16(1-2-21-9)11-5-10-8(4-13(18)15-10)3-12(11)17(19)20/h3,5,9H,1-2,4,6-7,14H2,(H,15,18). The molecular weight excluding hydrogens is 276 g/mol. The monoisotopic (exact) mass is 292 g/mol. The molecule has 112 valence electrons.